The van der Waals surface area contributed by atoms with Gasteiger partial charge in [0, 0.05) is 19.6 Å². The minimum absolute atomic E-state index is 0. The van der Waals surface area contributed by atoms with Gasteiger partial charge < -0.3 is 20.3 Å². The number of aliphatic imine (C=N–C) groups is 1. The van der Waals surface area contributed by atoms with E-state index >= 15 is 0 Å². The first-order chi connectivity index (χ1) is 13.1. The number of benzene rings is 1. The molecule has 6 heteroatoms. The van der Waals surface area contributed by atoms with E-state index in [0.717, 1.165) is 38.6 Å². The average molecular weight is 505 g/mol. The lowest BCUT2D eigenvalue weighted by atomic mass is 10.1. The van der Waals surface area contributed by atoms with Crippen molar-refractivity contribution in [2.75, 3.05) is 39.8 Å². The molecule has 2 N–H and O–H groups in total. The molecule has 1 aromatic carbocycles. The van der Waals surface area contributed by atoms with Gasteiger partial charge in [0.2, 0.25) is 0 Å². The van der Waals surface area contributed by atoms with E-state index < -0.39 is 0 Å². The van der Waals surface area contributed by atoms with Crippen LogP contribution in [0.5, 0.6) is 0 Å². The summed E-state index contributed by atoms with van der Waals surface area (Å²) in [4.78, 5) is 6.82. The van der Waals surface area contributed by atoms with Crippen LogP contribution in [0, 0.1) is 5.92 Å². The second-order valence-corrected chi connectivity index (χ2v) is 7.27. The van der Waals surface area contributed by atoms with Crippen LogP contribution in [0.2, 0.25) is 0 Å². The summed E-state index contributed by atoms with van der Waals surface area (Å²) >= 11 is 0. The van der Waals surface area contributed by atoms with Crippen LogP contribution in [-0.4, -0.2) is 56.7 Å². The molecule has 0 spiro atoms. The summed E-state index contributed by atoms with van der Waals surface area (Å²) in [6, 6.07) is 10.7. The largest absolute Gasteiger partial charge is 0.376 e. The predicted octanol–water partition coefficient (Wildman–Crippen LogP) is 4.13. The number of guanidine groups is 1. The Morgan fingerprint density at radius 1 is 1.14 bits per heavy atom. The first kappa shape index (κ1) is 27.1. The van der Waals surface area contributed by atoms with E-state index in [-0.39, 0.29) is 24.0 Å². The van der Waals surface area contributed by atoms with Crippen molar-refractivity contribution in [1.29, 1.82) is 0 Å². The molecule has 0 aromatic heterocycles. The molecule has 0 bridgehead atoms. The lowest BCUT2D eigenvalue weighted by molar-refractivity contribution is 0.0931. The fourth-order valence-electron chi connectivity index (χ4n) is 2.94. The molecule has 0 aliphatic rings. The maximum absolute atomic E-state index is 5.82. The molecule has 2 unspecified atom stereocenters. The lowest BCUT2D eigenvalue weighted by Crippen LogP contribution is -2.44. The predicted molar refractivity (Wildman–Crippen MR) is 132 cm³/mol. The van der Waals surface area contributed by atoms with Gasteiger partial charge in [0.1, 0.15) is 0 Å². The molecule has 0 fully saturated rings. The van der Waals surface area contributed by atoms with Crippen LogP contribution in [0.1, 0.15) is 46.1 Å². The maximum atomic E-state index is 5.82. The lowest BCUT2D eigenvalue weighted by Gasteiger charge is -2.22. The molecule has 0 heterocycles. The molecule has 0 aliphatic carbocycles. The van der Waals surface area contributed by atoms with Gasteiger partial charge in [0.05, 0.1) is 13.2 Å². The Hall–Kier alpha value is -0.860. The van der Waals surface area contributed by atoms with Gasteiger partial charge in [-0.25, -0.2) is 0 Å². The van der Waals surface area contributed by atoms with Crippen LogP contribution < -0.4 is 10.6 Å². The highest BCUT2D eigenvalue weighted by Crippen LogP contribution is 2.03. The minimum atomic E-state index is 0. The normalized spacial score (nSPS) is 13.7. The van der Waals surface area contributed by atoms with E-state index in [2.05, 4.69) is 60.4 Å². The van der Waals surface area contributed by atoms with E-state index in [9.17, 15) is 0 Å². The fourth-order valence-corrected chi connectivity index (χ4v) is 2.94. The molecule has 0 saturated carbocycles. The number of ether oxygens (including phenoxy) is 1. The van der Waals surface area contributed by atoms with Gasteiger partial charge in [-0.15, -0.1) is 24.0 Å². The summed E-state index contributed by atoms with van der Waals surface area (Å²) in [5, 5.41) is 6.91. The molecular formula is C22H41IN4O. The molecule has 1 rings (SSSR count). The van der Waals surface area contributed by atoms with Gasteiger partial charge in [-0.2, -0.15) is 0 Å². The maximum Gasteiger partial charge on any atom is 0.191 e. The molecular weight excluding hydrogens is 463 g/mol. The molecule has 0 amide bonds. The summed E-state index contributed by atoms with van der Waals surface area (Å²) in [6.07, 6.45) is 2.35. The zero-order chi connectivity index (χ0) is 19.9. The number of rotatable bonds is 13. The van der Waals surface area contributed by atoms with E-state index in [0.29, 0.717) is 18.6 Å². The summed E-state index contributed by atoms with van der Waals surface area (Å²) in [5.41, 5.74) is 1.22. The number of nitrogens with zero attached hydrogens (tertiary/aromatic N) is 2. The highest BCUT2D eigenvalue weighted by molar-refractivity contribution is 14.0. The zero-order valence-electron chi connectivity index (χ0n) is 18.4. The molecule has 2 atom stereocenters. The summed E-state index contributed by atoms with van der Waals surface area (Å²) in [5.74, 6) is 1.30. The van der Waals surface area contributed by atoms with Crippen LogP contribution in [0.3, 0.4) is 0 Å². The highest BCUT2D eigenvalue weighted by atomic mass is 127. The topological polar surface area (TPSA) is 48.9 Å². The Labute approximate surface area is 189 Å². The van der Waals surface area contributed by atoms with Crippen LogP contribution in [0.15, 0.2) is 35.3 Å². The number of halogens is 1. The Bertz CT molecular complexity index is 509. The van der Waals surface area contributed by atoms with Crippen LogP contribution in [-0.2, 0) is 11.3 Å². The smallest absolute Gasteiger partial charge is 0.191 e. The summed E-state index contributed by atoms with van der Waals surface area (Å²) in [7, 11) is 1.83. The van der Waals surface area contributed by atoms with Crippen molar-refractivity contribution >= 4 is 29.9 Å². The molecule has 0 radical (unpaired) electrons. The Morgan fingerprint density at radius 2 is 1.82 bits per heavy atom. The standard InChI is InChI=1S/C22H40N4O.HI/c1-6-26(7-2)15-11-12-20(4)25-22(23-5)24-16-19(3)17-27-18-21-13-9-8-10-14-21;/h8-10,13-14,19-20H,6-7,11-12,15-18H2,1-5H3,(H2,23,24,25);1H. The average Bonchev–Trinajstić information content (AvgIpc) is 2.69. The van der Waals surface area contributed by atoms with Gasteiger partial charge >= 0.3 is 0 Å². The van der Waals surface area contributed by atoms with E-state index in [1.165, 1.54) is 18.5 Å². The van der Waals surface area contributed by atoms with Crippen molar-refractivity contribution in [3.8, 4) is 0 Å². The van der Waals surface area contributed by atoms with Crippen molar-refractivity contribution in [2.45, 2.75) is 53.2 Å². The molecule has 28 heavy (non-hydrogen) atoms. The van der Waals surface area contributed by atoms with Crippen molar-refractivity contribution in [1.82, 2.24) is 15.5 Å². The highest BCUT2D eigenvalue weighted by Gasteiger charge is 2.08. The molecule has 1 aromatic rings. The minimum Gasteiger partial charge on any atom is -0.376 e. The van der Waals surface area contributed by atoms with Gasteiger partial charge in [-0.3, -0.25) is 4.99 Å². The van der Waals surface area contributed by atoms with Gasteiger partial charge in [0.15, 0.2) is 5.96 Å². The van der Waals surface area contributed by atoms with Gasteiger partial charge in [0.25, 0.3) is 0 Å². The van der Waals surface area contributed by atoms with Crippen LogP contribution >= 0.6 is 24.0 Å². The van der Waals surface area contributed by atoms with Crippen LogP contribution in [0.25, 0.3) is 0 Å². The van der Waals surface area contributed by atoms with Crippen molar-refractivity contribution in [3.05, 3.63) is 35.9 Å². The summed E-state index contributed by atoms with van der Waals surface area (Å²) < 4.78 is 5.82. The van der Waals surface area contributed by atoms with E-state index in [1.54, 1.807) is 0 Å². The van der Waals surface area contributed by atoms with E-state index in [1.807, 2.05) is 25.2 Å². The molecule has 5 nitrogen and oxygen atoms in total. The third-order valence-electron chi connectivity index (χ3n) is 4.74. The quantitative estimate of drug-likeness (QED) is 0.241. The molecule has 162 valence electrons. The second kappa shape index (κ2) is 17.0. The van der Waals surface area contributed by atoms with Gasteiger partial charge in [-0.1, -0.05) is 51.1 Å². The first-order valence-corrected chi connectivity index (χ1v) is 10.4. The SMILES string of the molecule is CCN(CC)CCCC(C)NC(=NC)NCC(C)COCc1ccccc1.I. The van der Waals surface area contributed by atoms with Crippen LogP contribution in [0.4, 0.5) is 0 Å². The first-order valence-electron chi connectivity index (χ1n) is 10.4. The van der Waals surface area contributed by atoms with Crippen molar-refractivity contribution in [3.63, 3.8) is 0 Å². The number of hydrogen-bond acceptors (Lipinski definition) is 3. The zero-order valence-corrected chi connectivity index (χ0v) is 20.7. The van der Waals surface area contributed by atoms with E-state index in [4.69, 9.17) is 4.74 Å². The fraction of sp³-hybridized carbons (Fsp3) is 0.682. The number of nitrogens with one attached hydrogen (secondary N) is 2. The molecule has 0 saturated heterocycles. The monoisotopic (exact) mass is 504 g/mol. The summed E-state index contributed by atoms with van der Waals surface area (Å²) in [6.45, 7) is 14.5. The Balaban J connectivity index is 0.00000729. The second-order valence-electron chi connectivity index (χ2n) is 7.27. The Kier molecular flexibility index (Phi) is 16.5. The van der Waals surface area contributed by atoms with Crippen molar-refractivity contribution < 1.29 is 4.74 Å². The van der Waals surface area contributed by atoms with Gasteiger partial charge in [-0.05, 0) is 50.9 Å². The number of hydrogen-bond donors (Lipinski definition) is 2. The third-order valence-corrected chi connectivity index (χ3v) is 4.74. The Morgan fingerprint density at radius 3 is 2.43 bits per heavy atom. The van der Waals surface area contributed by atoms with Crippen molar-refractivity contribution in [2.24, 2.45) is 10.9 Å². The third kappa shape index (κ3) is 12.6. The molecule has 0 aliphatic heterocycles.